The van der Waals surface area contributed by atoms with Gasteiger partial charge in [0.1, 0.15) is 11.5 Å². The van der Waals surface area contributed by atoms with E-state index >= 15 is 0 Å². The Bertz CT molecular complexity index is 659. The lowest BCUT2D eigenvalue weighted by molar-refractivity contribution is 0.102. The highest BCUT2D eigenvalue weighted by Gasteiger charge is 2.18. The zero-order chi connectivity index (χ0) is 16.3. The van der Waals surface area contributed by atoms with Gasteiger partial charge in [0.15, 0.2) is 0 Å². The van der Waals surface area contributed by atoms with E-state index in [4.69, 9.17) is 9.52 Å². The number of nitrogens with zero attached hydrogens (tertiary/aromatic N) is 1. The highest BCUT2D eigenvalue weighted by atomic mass is 16.3. The fraction of sp³-hybridized carbons (Fsp3) is 0.353. The summed E-state index contributed by atoms with van der Waals surface area (Å²) in [4.78, 5) is 14.3. The van der Waals surface area contributed by atoms with E-state index in [9.17, 15) is 4.79 Å². The number of likely N-dealkylation sites (N-methyl/N-ethyl adjacent to an activating group) is 1. The summed E-state index contributed by atoms with van der Waals surface area (Å²) in [6.45, 7) is 6.20. The number of anilines is 2. The highest BCUT2D eigenvalue weighted by molar-refractivity contribution is 6.06. The molecule has 0 aliphatic rings. The molecule has 5 heteroatoms. The van der Waals surface area contributed by atoms with Crippen molar-refractivity contribution in [1.82, 2.24) is 0 Å². The van der Waals surface area contributed by atoms with Crippen molar-refractivity contribution < 1.29 is 14.3 Å². The van der Waals surface area contributed by atoms with E-state index < -0.39 is 0 Å². The van der Waals surface area contributed by atoms with Gasteiger partial charge in [-0.25, -0.2) is 0 Å². The van der Waals surface area contributed by atoms with Gasteiger partial charge in [-0.1, -0.05) is 0 Å². The lowest BCUT2D eigenvalue weighted by Crippen LogP contribution is -2.21. The Morgan fingerprint density at radius 3 is 2.32 bits per heavy atom. The zero-order valence-corrected chi connectivity index (χ0v) is 13.4. The molecule has 0 saturated heterocycles. The van der Waals surface area contributed by atoms with Crippen LogP contribution in [0.25, 0.3) is 0 Å². The molecule has 22 heavy (non-hydrogen) atoms. The quantitative estimate of drug-likeness (QED) is 0.891. The molecular formula is C17H22N2O3. The minimum atomic E-state index is -0.164. The van der Waals surface area contributed by atoms with Gasteiger partial charge in [0, 0.05) is 30.5 Å². The SMILES string of the molecule is Cc1oc(C)c(C(=O)Nc2ccc(N(C)CCO)cc2)c1C. The summed E-state index contributed by atoms with van der Waals surface area (Å²) in [5.41, 5.74) is 3.18. The number of aryl methyl sites for hydroxylation is 2. The molecule has 118 valence electrons. The van der Waals surface area contributed by atoms with E-state index in [2.05, 4.69) is 5.32 Å². The second-order valence-electron chi connectivity index (χ2n) is 5.36. The second-order valence-corrected chi connectivity index (χ2v) is 5.36. The van der Waals surface area contributed by atoms with Gasteiger partial charge in [0.2, 0.25) is 0 Å². The van der Waals surface area contributed by atoms with Crippen LogP contribution in [0, 0.1) is 20.8 Å². The van der Waals surface area contributed by atoms with E-state index in [0.29, 0.717) is 17.9 Å². The first-order chi connectivity index (χ1) is 10.4. The molecule has 0 saturated carbocycles. The van der Waals surface area contributed by atoms with E-state index in [1.54, 1.807) is 6.92 Å². The van der Waals surface area contributed by atoms with Crippen LogP contribution >= 0.6 is 0 Å². The zero-order valence-electron chi connectivity index (χ0n) is 13.4. The topological polar surface area (TPSA) is 65.7 Å². The van der Waals surface area contributed by atoms with Crippen molar-refractivity contribution >= 4 is 17.3 Å². The summed E-state index contributed by atoms with van der Waals surface area (Å²) in [5, 5.41) is 11.8. The van der Waals surface area contributed by atoms with Crippen molar-refractivity contribution in [2.75, 3.05) is 30.4 Å². The van der Waals surface area contributed by atoms with E-state index in [1.807, 2.05) is 50.1 Å². The predicted octanol–water partition coefficient (Wildman–Crippen LogP) is 2.89. The van der Waals surface area contributed by atoms with E-state index in [1.165, 1.54) is 0 Å². The Morgan fingerprint density at radius 2 is 1.82 bits per heavy atom. The van der Waals surface area contributed by atoms with Crippen molar-refractivity contribution in [2.24, 2.45) is 0 Å². The third kappa shape index (κ3) is 3.31. The third-order valence-corrected chi connectivity index (χ3v) is 3.79. The van der Waals surface area contributed by atoms with Gasteiger partial charge in [-0.2, -0.15) is 0 Å². The molecule has 0 aliphatic carbocycles. The van der Waals surface area contributed by atoms with Crippen molar-refractivity contribution in [2.45, 2.75) is 20.8 Å². The maximum absolute atomic E-state index is 12.4. The number of furan rings is 1. The molecule has 1 aromatic heterocycles. The number of aliphatic hydroxyl groups is 1. The molecule has 2 rings (SSSR count). The number of carbonyl (C=O) groups excluding carboxylic acids is 1. The van der Waals surface area contributed by atoms with Crippen LogP contribution in [-0.4, -0.2) is 31.2 Å². The molecule has 5 nitrogen and oxygen atoms in total. The number of carbonyl (C=O) groups is 1. The van der Waals surface area contributed by atoms with Crippen LogP contribution in [0.2, 0.25) is 0 Å². The summed E-state index contributed by atoms with van der Waals surface area (Å²) in [5.74, 6) is 1.23. The van der Waals surface area contributed by atoms with Gasteiger partial charge < -0.3 is 19.7 Å². The summed E-state index contributed by atoms with van der Waals surface area (Å²) >= 11 is 0. The standard InChI is InChI=1S/C17H22N2O3/c1-11-12(2)22-13(3)16(11)17(21)18-14-5-7-15(8-6-14)19(4)9-10-20/h5-8,20H,9-10H2,1-4H3,(H,18,21). The second kappa shape index (κ2) is 6.66. The predicted molar refractivity (Wildman–Crippen MR) is 87.7 cm³/mol. The van der Waals surface area contributed by atoms with Gasteiger partial charge >= 0.3 is 0 Å². The first-order valence-electron chi connectivity index (χ1n) is 7.24. The molecule has 2 aromatic rings. The van der Waals surface area contributed by atoms with Crippen LogP contribution in [0.4, 0.5) is 11.4 Å². The average Bonchev–Trinajstić information content (AvgIpc) is 2.73. The maximum atomic E-state index is 12.4. The van der Waals surface area contributed by atoms with Gasteiger partial charge in [0.05, 0.1) is 12.2 Å². The van der Waals surface area contributed by atoms with Crippen LogP contribution < -0.4 is 10.2 Å². The molecule has 0 atom stereocenters. The molecule has 1 amide bonds. The van der Waals surface area contributed by atoms with E-state index in [-0.39, 0.29) is 12.5 Å². The maximum Gasteiger partial charge on any atom is 0.259 e. The Labute approximate surface area is 130 Å². The molecule has 0 unspecified atom stereocenters. The molecule has 0 bridgehead atoms. The number of aliphatic hydroxyl groups excluding tert-OH is 1. The van der Waals surface area contributed by atoms with Crippen molar-refractivity contribution in [1.29, 1.82) is 0 Å². The number of benzene rings is 1. The lowest BCUT2D eigenvalue weighted by atomic mass is 10.1. The monoisotopic (exact) mass is 302 g/mol. The summed E-state index contributed by atoms with van der Waals surface area (Å²) in [7, 11) is 1.91. The fourth-order valence-corrected chi connectivity index (χ4v) is 2.40. The Kier molecular flexibility index (Phi) is 4.88. The number of nitrogens with one attached hydrogen (secondary N) is 1. The number of amides is 1. The molecule has 0 radical (unpaired) electrons. The average molecular weight is 302 g/mol. The first-order valence-corrected chi connectivity index (χ1v) is 7.24. The van der Waals surface area contributed by atoms with Crippen LogP contribution in [0.5, 0.6) is 0 Å². The lowest BCUT2D eigenvalue weighted by Gasteiger charge is -2.18. The largest absolute Gasteiger partial charge is 0.466 e. The molecule has 0 fully saturated rings. The Hall–Kier alpha value is -2.27. The molecule has 0 aliphatic heterocycles. The summed E-state index contributed by atoms with van der Waals surface area (Å²) in [6.07, 6.45) is 0. The van der Waals surface area contributed by atoms with Crippen LogP contribution in [-0.2, 0) is 0 Å². The normalized spacial score (nSPS) is 10.6. The van der Waals surface area contributed by atoms with E-state index in [0.717, 1.165) is 22.7 Å². The molecule has 0 spiro atoms. The number of rotatable bonds is 5. The third-order valence-electron chi connectivity index (χ3n) is 3.79. The van der Waals surface area contributed by atoms with Crippen LogP contribution in [0.3, 0.4) is 0 Å². The van der Waals surface area contributed by atoms with Crippen LogP contribution in [0.1, 0.15) is 27.4 Å². The summed E-state index contributed by atoms with van der Waals surface area (Å²) in [6, 6.07) is 7.51. The van der Waals surface area contributed by atoms with Gasteiger partial charge in [0.25, 0.3) is 5.91 Å². The first kappa shape index (κ1) is 16.1. The minimum Gasteiger partial charge on any atom is -0.466 e. The number of hydrogen-bond donors (Lipinski definition) is 2. The highest BCUT2D eigenvalue weighted by Crippen LogP contribution is 2.23. The fourth-order valence-electron chi connectivity index (χ4n) is 2.40. The Morgan fingerprint density at radius 1 is 1.18 bits per heavy atom. The van der Waals surface area contributed by atoms with Crippen molar-refractivity contribution in [3.8, 4) is 0 Å². The molecule has 1 aromatic carbocycles. The van der Waals surface area contributed by atoms with Crippen molar-refractivity contribution in [3.05, 3.63) is 46.9 Å². The van der Waals surface area contributed by atoms with Crippen molar-refractivity contribution in [3.63, 3.8) is 0 Å². The minimum absolute atomic E-state index is 0.105. The van der Waals surface area contributed by atoms with Crippen LogP contribution in [0.15, 0.2) is 28.7 Å². The van der Waals surface area contributed by atoms with Gasteiger partial charge in [-0.05, 0) is 45.0 Å². The molecule has 2 N–H and O–H groups in total. The molecular weight excluding hydrogens is 280 g/mol. The summed E-state index contributed by atoms with van der Waals surface area (Å²) < 4.78 is 5.49. The smallest absolute Gasteiger partial charge is 0.259 e. The van der Waals surface area contributed by atoms with Gasteiger partial charge in [-0.3, -0.25) is 4.79 Å². The Balaban J connectivity index is 2.12. The van der Waals surface area contributed by atoms with Gasteiger partial charge in [-0.15, -0.1) is 0 Å². The number of hydrogen-bond acceptors (Lipinski definition) is 4. The molecule has 1 heterocycles.